The van der Waals surface area contributed by atoms with Crippen molar-refractivity contribution in [2.45, 2.75) is 25.0 Å². The van der Waals surface area contributed by atoms with Crippen LogP contribution in [-0.2, 0) is 14.3 Å². The van der Waals surface area contributed by atoms with E-state index >= 15 is 0 Å². The SMILES string of the molecule is O=C1[C@@H]2[C@H](C(=O)N1c1ccccc1)[C@H]1CC[C@H]2C2C1OC(=O)N2c1ccccc1. The Morgan fingerprint density at radius 1 is 0.724 bits per heavy atom. The van der Waals surface area contributed by atoms with E-state index in [4.69, 9.17) is 4.74 Å². The number of amides is 3. The summed E-state index contributed by atoms with van der Waals surface area (Å²) in [7, 11) is 0. The van der Waals surface area contributed by atoms with Gasteiger partial charge >= 0.3 is 6.09 Å². The average Bonchev–Trinajstić information content (AvgIpc) is 3.25. The van der Waals surface area contributed by atoms with Crippen molar-refractivity contribution in [2.24, 2.45) is 23.7 Å². The summed E-state index contributed by atoms with van der Waals surface area (Å²) in [6, 6.07) is 18.4. The van der Waals surface area contributed by atoms with Gasteiger partial charge in [0.1, 0.15) is 6.10 Å². The number of hydrogen-bond donors (Lipinski definition) is 0. The smallest absolute Gasteiger partial charge is 0.415 e. The van der Waals surface area contributed by atoms with Crippen LogP contribution < -0.4 is 9.80 Å². The molecule has 146 valence electrons. The van der Waals surface area contributed by atoms with Crippen LogP contribution in [0.3, 0.4) is 0 Å². The van der Waals surface area contributed by atoms with Gasteiger partial charge in [0.25, 0.3) is 0 Å². The van der Waals surface area contributed by atoms with Crippen molar-refractivity contribution in [3.63, 3.8) is 0 Å². The van der Waals surface area contributed by atoms with Crippen LogP contribution >= 0.6 is 0 Å². The lowest BCUT2D eigenvalue weighted by molar-refractivity contribution is -0.136. The van der Waals surface area contributed by atoms with E-state index in [1.54, 1.807) is 17.0 Å². The highest BCUT2D eigenvalue weighted by Gasteiger charge is 2.68. The summed E-state index contributed by atoms with van der Waals surface area (Å²) in [4.78, 5) is 42.5. The fourth-order valence-electron chi connectivity index (χ4n) is 6.09. The molecular weight excluding hydrogens is 368 g/mol. The fraction of sp³-hybridized carbons (Fsp3) is 0.348. The highest BCUT2D eigenvalue weighted by atomic mass is 16.6. The maximum atomic E-state index is 13.4. The summed E-state index contributed by atoms with van der Waals surface area (Å²) in [5.74, 6) is -1.25. The van der Waals surface area contributed by atoms with Crippen molar-refractivity contribution in [2.75, 3.05) is 9.80 Å². The number of nitrogens with zero attached hydrogens (tertiary/aromatic N) is 2. The fourth-order valence-corrected chi connectivity index (χ4v) is 6.09. The van der Waals surface area contributed by atoms with E-state index in [0.29, 0.717) is 5.69 Å². The van der Waals surface area contributed by atoms with Gasteiger partial charge in [0.05, 0.1) is 23.6 Å². The molecule has 2 saturated heterocycles. The second-order valence-corrected chi connectivity index (χ2v) is 8.35. The van der Waals surface area contributed by atoms with Crippen LogP contribution in [0.25, 0.3) is 0 Å². The third-order valence-corrected chi connectivity index (χ3v) is 7.13. The Kier molecular flexibility index (Phi) is 3.43. The largest absolute Gasteiger partial charge is 0.443 e. The average molecular weight is 388 g/mol. The first-order chi connectivity index (χ1) is 14.2. The van der Waals surface area contributed by atoms with Gasteiger partial charge in [0, 0.05) is 11.6 Å². The molecule has 3 aliphatic carbocycles. The van der Waals surface area contributed by atoms with Crippen LogP contribution in [0.15, 0.2) is 60.7 Å². The number of carbonyl (C=O) groups is 3. The quantitative estimate of drug-likeness (QED) is 0.741. The first kappa shape index (κ1) is 16.8. The molecule has 0 spiro atoms. The van der Waals surface area contributed by atoms with Crippen LogP contribution in [0.4, 0.5) is 16.2 Å². The van der Waals surface area contributed by atoms with E-state index in [1.165, 1.54) is 4.90 Å². The van der Waals surface area contributed by atoms with E-state index in [9.17, 15) is 14.4 Å². The first-order valence-corrected chi connectivity index (χ1v) is 10.1. The summed E-state index contributed by atoms with van der Waals surface area (Å²) >= 11 is 0. The Bertz CT molecular complexity index is 1010. The Hall–Kier alpha value is -3.15. The van der Waals surface area contributed by atoms with Crippen molar-refractivity contribution in [1.29, 1.82) is 0 Å². The molecule has 29 heavy (non-hydrogen) atoms. The summed E-state index contributed by atoms with van der Waals surface area (Å²) in [5.41, 5.74) is 1.41. The molecular formula is C23H20N2O4. The van der Waals surface area contributed by atoms with Crippen molar-refractivity contribution in [3.05, 3.63) is 60.7 Å². The molecule has 0 aromatic heterocycles. The predicted molar refractivity (Wildman–Crippen MR) is 105 cm³/mol. The van der Waals surface area contributed by atoms with Gasteiger partial charge < -0.3 is 4.74 Å². The number of carbonyl (C=O) groups excluding carboxylic acids is 3. The molecule has 3 saturated carbocycles. The van der Waals surface area contributed by atoms with Gasteiger partial charge in [-0.1, -0.05) is 36.4 Å². The van der Waals surface area contributed by atoms with Gasteiger partial charge in [-0.15, -0.1) is 0 Å². The molecule has 7 rings (SSSR count). The number of anilines is 2. The van der Waals surface area contributed by atoms with Gasteiger partial charge in [-0.05, 0) is 43.0 Å². The highest BCUT2D eigenvalue weighted by molar-refractivity contribution is 6.22. The molecule has 2 aromatic rings. The third-order valence-electron chi connectivity index (χ3n) is 7.13. The number of rotatable bonds is 2. The number of fused-ring (bicyclic) bond motifs is 1. The van der Waals surface area contributed by atoms with E-state index in [0.717, 1.165) is 18.5 Å². The zero-order valence-electron chi connectivity index (χ0n) is 15.7. The number of ether oxygens (including phenoxy) is 1. The summed E-state index contributed by atoms with van der Waals surface area (Å²) < 4.78 is 5.80. The number of imide groups is 1. The van der Waals surface area contributed by atoms with Crippen molar-refractivity contribution in [1.82, 2.24) is 0 Å². The van der Waals surface area contributed by atoms with Crippen molar-refractivity contribution >= 4 is 29.3 Å². The van der Waals surface area contributed by atoms with Gasteiger partial charge in [-0.2, -0.15) is 0 Å². The zero-order chi connectivity index (χ0) is 19.7. The Morgan fingerprint density at radius 3 is 1.93 bits per heavy atom. The minimum atomic E-state index is -0.397. The molecule has 2 unspecified atom stereocenters. The topological polar surface area (TPSA) is 66.9 Å². The highest BCUT2D eigenvalue weighted by Crippen LogP contribution is 2.57. The number of para-hydroxylation sites is 2. The summed E-state index contributed by atoms with van der Waals surface area (Å²) in [6.45, 7) is 0. The molecule has 2 bridgehead atoms. The lowest BCUT2D eigenvalue weighted by Crippen LogP contribution is -2.60. The van der Waals surface area contributed by atoms with Gasteiger partial charge in [-0.25, -0.2) is 4.79 Å². The molecule has 6 nitrogen and oxygen atoms in total. The Balaban J connectivity index is 1.42. The molecule has 3 amide bonds. The molecule has 2 heterocycles. The van der Waals surface area contributed by atoms with Crippen molar-refractivity contribution < 1.29 is 19.1 Å². The van der Waals surface area contributed by atoms with Crippen LogP contribution in [0.2, 0.25) is 0 Å². The molecule has 2 aromatic carbocycles. The Morgan fingerprint density at radius 2 is 1.28 bits per heavy atom. The predicted octanol–water partition coefficient (Wildman–Crippen LogP) is 3.23. The molecule has 0 radical (unpaired) electrons. The minimum Gasteiger partial charge on any atom is -0.443 e. The number of benzene rings is 2. The standard InChI is InChI=1S/C23H20N2O4/c26-21-17-15-11-12-16(18(17)22(27)25(21)14-9-5-2-6-10-14)20-19(15)24(23(28)29-20)13-7-3-1-4-8-13/h1-10,15-20H,11-12H2/t15-,16-,17+,18-,19?,20?/m1/s1. The molecule has 0 N–H and O–H groups in total. The zero-order valence-corrected chi connectivity index (χ0v) is 15.7. The molecule has 6 heteroatoms. The van der Waals surface area contributed by atoms with Crippen LogP contribution in [0.5, 0.6) is 0 Å². The normalized spacial score (nSPS) is 35.0. The monoisotopic (exact) mass is 388 g/mol. The second kappa shape index (κ2) is 5.92. The maximum Gasteiger partial charge on any atom is 0.415 e. The third kappa shape index (κ3) is 2.14. The van der Waals surface area contributed by atoms with E-state index in [1.807, 2.05) is 48.5 Å². The lowest BCUT2D eigenvalue weighted by Gasteiger charge is -2.50. The maximum absolute atomic E-state index is 13.4. The van der Waals surface area contributed by atoms with E-state index in [-0.39, 0.29) is 47.8 Å². The lowest BCUT2D eigenvalue weighted by atomic mass is 9.56. The second-order valence-electron chi connectivity index (χ2n) is 8.35. The van der Waals surface area contributed by atoms with Crippen LogP contribution in [0, 0.1) is 23.7 Å². The van der Waals surface area contributed by atoms with Crippen molar-refractivity contribution in [3.8, 4) is 0 Å². The molecule has 6 atom stereocenters. The van der Waals surface area contributed by atoms with Gasteiger partial charge in [0.15, 0.2) is 0 Å². The molecule has 5 aliphatic rings. The molecule has 2 aliphatic heterocycles. The first-order valence-electron chi connectivity index (χ1n) is 10.1. The molecule has 5 fully saturated rings. The van der Waals surface area contributed by atoms with Gasteiger partial charge in [-0.3, -0.25) is 19.4 Å². The summed E-state index contributed by atoms with van der Waals surface area (Å²) in [6.07, 6.45) is 0.928. The Labute approximate surface area is 168 Å². The number of hydrogen-bond acceptors (Lipinski definition) is 4. The summed E-state index contributed by atoms with van der Waals surface area (Å²) in [5, 5.41) is 0. The van der Waals surface area contributed by atoms with Crippen LogP contribution in [-0.4, -0.2) is 30.1 Å². The van der Waals surface area contributed by atoms with Gasteiger partial charge in [0.2, 0.25) is 11.8 Å². The van der Waals surface area contributed by atoms with E-state index < -0.39 is 5.92 Å². The minimum absolute atomic E-state index is 0.0770. The van der Waals surface area contributed by atoms with E-state index in [2.05, 4.69) is 0 Å². The van der Waals surface area contributed by atoms with Crippen LogP contribution in [0.1, 0.15) is 12.8 Å².